The van der Waals surface area contributed by atoms with Crippen molar-refractivity contribution in [3.63, 3.8) is 0 Å². The van der Waals surface area contributed by atoms with Crippen molar-refractivity contribution < 1.29 is 52.9 Å². The number of unbranched alkanes of at least 4 members (excludes halogenated alkanes) is 2. The lowest BCUT2D eigenvalue weighted by atomic mass is 9.68. The minimum Gasteiger partial charge on any atom is -0.377 e. The summed E-state index contributed by atoms with van der Waals surface area (Å²) < 4.78 is 26.0. The summed E-state index contributed by atoms with van der Waals surface area (Å²) >= 11 is 3.71. The molecule has 0 aromatic rings. The van der Waals surface area contributed by atoms with Crippen molar-refractivity contribution in [1.82, 2.24) is 31.6 Å². The summed E-state index contributed by atoms with van der Waals surface area (Å²) in [6, 6.07) is 0. The van der Waals surface area contributed by atoms with Gasteiger partial charge in [0.2, 0.25) is 29.5 Å². The summed E-state index contributed by atoms with van der Waals surface area (Å²) in [6.07, 6.45) is 2.55. The normalized spacial score (nSPS) is 10.6. The Morgan fingerprint density at radius 1 is 0.605 bits per heavy atom. The van der Waals surface area contributed by atoms with Gasteiger partial charge in [0.05, 0.1) is 39.6 Å². The molecule has 0 heterocycles. The number of hydroxylamine groups is 1. The number of hydrogen-bond acceptors (Lipinski definition) is 13. The summed E-state index contributed by atoms with van der Waals surface area (Å²) in [7, 11) is 0. The third kappa shape index (κ3) is 29.3. The van der Waals surface area contributed by atoms with Gasteiger partial charge in [0.1, 0.15) is 13.2 Å². The maximum atomic E-state index is 11.8. The van der Waals surface area contributed by atoms with E-state index in [1.54, 1.807) is 6.82 Å². The van der Waals surface area contributed by atoms with Crippen molar-refractivity contribution in [3.05, 3.63) is 0 Å². The molecule has 0 atom stereocenters. The number of ether oxygens (including phenoxy) is 4. The molecule has 0 aromatic carbocycles. The van der Waals surface area contributed by atoms with Crippen molar-refractivity contribution in [3.8, 4) is 0 Å². The molecule has 0 fully saturated rings. The molecule has 248 valence electrons. The fourth-order valence-corrected chi connectivity index (χ4v) is 3.30. The van der Waals surface area contributed by atoms with Crippen LogP contribution in [0.3, 0.4) is 0 Å². The first-order valence-corrected chi connectivity index (χ1v) is 14.6. The van der Waals surface area contributed by atoms with E-state index >= 15 is 0 Å². The zero-order valence-electron chi connectivity index (χ0n) is 24.8. The van der Waals surface area contributed by atoms with Gasteiger partial charge in [-0.15, -0.1) is 0 Å². The highest BCUT2D eigenvalue weighted by Crippen LogP contribution is 1.96. The number of nitrogens with one attached hydrogen (secondary N) is 6. The molecular weight excluding hydrogens is 591 g/mol. The summed E-state index contributed by atoms with van der Waals surface area (Å²) in [5.41, 5.74) is 1.45. The molecule has 0 radical (unpaired) electrons. The number of carbonyl (C=O) groups is 5. The predicted octanol–water partition coefficient (Wildman–Crippen LogP) is -2.04. The summed E-state index contributed by atoms with van der Waals surface area (Å²) in [5.74, 6) is -1.58. The molecule has 17 nitrogen and oxygen atoms in total. The Balaban J connectivity index is 3.41. The molecule has 0 saturated heterocycles. The number of thiol groups is 1. The second kappa shape index (κ2) is 29.6. The zero-order chi connectivity index (χ0) is 32.0. The van der Waals surface area contributed by atoms with Crippen LogP contribution in [0.15, 0.2) is 0 Å². The van der Waals surface area contributed by atoms with Gasteiger partial charge in [-0.05, 0) is 19.3 Å². The fraction of sp³-hybridized carbons (Fsp3) is 0.792. The van der Waals surface area contributed by atoms with Gasteiger partial charge >= 0.3 is 6.92 Å². The second-order valence-corrected chi connectivity index (χ2v) is 9.23. The average molecular weight is 639 g/mol. The van der Waals surface area contributed by atoms with Gasteiger partial charge in [-0.1, -0.05) is 19.6 Å². The molecule has 0 aliphatic heterocycles. The van der Waals surface area contributed by atoms with Crippen molar-refractivity contribution in [2.45, 2.75) is 45.2 Å². The van der Waals surface area contributed by atoms with Gasteiger partial charge in [0.25, 0.3) is 0 Å². The van der Waals surface area contributed by atoms with Gasteiger partial charge in [0, 0.05) is 45.3 Å². The Morgan fingerprint density at radius 3 is 1.60 bits per heavy atom. The topological polar surface area (TPSA) is 224 Å². The standard InChI is InChI=1S/C24H47BN6O11S/c1-25(42-31-43)17-22(34)26-7-3-2-4-8-27-23(35)18-40-15-14-39-12-10-29-24(36)19-41-16-13-38-11-9-28-20(32)5-6-21(33)30-37/h31,37,43H,2-19H2,1H3,(H,26,34)(H,27,35)(H,28,32)(H,29,36)(H,30,33). The van der Waals surface area contributed by atoms with Gasteiger partial charge in [-0.25, -0.2) is 5.48 Å². The molecule has 0 rings (SSSR count). The third-order valence-corrected chi connectivity index (χ3v) is 5.38. The molecule has 0 spiro atoms. The lowest BCUT2D eigenvalue weighted by Gasteiger charge is -2.09. The highest BCUT2D eigenvalue weighted by molar-refractivity contribution is 7.78. The van der Waals surface area contributed by atoms with E-state index in [1.165, 1.54) is 5.48 Å². The molecule has 0 saturated carbocycles. The Bertz CT molecular complexity index is 788. The third-order valence-electron chi connectivity index (χ3n) is 5.28. The summed E-state index contributed by atoms with van der Waals surface area (Å²) in [4.78, 5) is 59.7. The maximum absolute atomic E-state index is 11.8. The van der Waals surface area contributed by atoms with Crippen LogP contribution < -0.4 is 31.6 Å². The van der Waals surface area contributed by atoms with E-state index in [-0.39, 0.29) is 109 Å². The van der Waals surface area contributed by atoms with E-state index in [4.69, 9.17) is 28.9 Å². The van der Waals surface area contributed by atoms with Gasteiger partial charge in [-0.3, -0.25) is 29.2 Å². The summed E-state index contributed by atoms with van der Waals surface area (Å²) in [5, 5.41) is 19.1. The van der Waals surface area contributed by atoms with Gasteiger partial charge in [0.15, 0.2) is 0 Å². The second-order valence-electron chi connectivity index (χ2n) is 9.05. The molecule has 0 unspecified atom stereocenters. The lowest BCUT2D eigenvalue weighted by molar-refractivity contribution is -0.131. The van der Waals surface area contributed by atoms with E-state index in [0.717, 1.165) is 19.3 Å². The highest BCUT2D eigenvalue weighted by atomic mass is 32.1. The number of carbonyl (C=O) groups excluding carboxylic acids is 5. The van der Waals surface area contributed by atoms with Gasteiger partial charge in [-0.2, -0.15) is 4.89 Å². The van der Waals surface area contributed by atoms with Crippen LogP contribution in [0.25, 0.3) is 0 Å². The van der Waals surface area contributed by atoms with Crippen molar-refractivity contribution in [2.75, 3.05) is 79.0 Å². The van der Waals surface area contributed by atoms with E-state index in [1.807, 2.05) is 0 Å². The Morgan fingerprint density at radius 2 is 1.07 bits per heavy atom. The van der Waals surface area contributed by atoms with Gasteiger partial charge < -0.3 is 45.0 Å². The minimum atomic E-state index is -0.634. The molecule has 5 amide bonds. The largest absolute Gasteiger partial charge is 0.377 e. The zero-order valence-corrected chi connectivity index (χ0v) is 25.7. The molecule has 0 bridgehead atoms. The smallest absolute Gasteiger partial charge is 0.328 e. The quantitative estimate of drug-likeness (QED) is 0.0146. The molecule has 0 aliphatic carbocycles. The van der Waals surface area contributed by atoms with Crippen LogP contribution >= 0.6 is 12.8 Å². The highest BCUT2D eigenvalue weighted by Gasteiger charge is 2.14. The Labute approximate surface area is 258 Å². The van der Waals surface area contributed by atoms with E-state index in [2.05, 4.69) is 39.0 Å². The maximum Gasteiger partial charge on any atom is 0.328 e. The Hall–Kier alpha value is -2.52. The number of rotatable bonds is 29. The van der Waals surface area contributed by atoms with Crippen molar-refractivity contribution in [1.29, 1.82) is 0 Å². The van der Waals surface area contributed by atoms with E-state index in [0.29, 0.717) is 19.6 Å². The van der Waals surface area contributed by atoms with Crippen LogP contribution in [-0.2, 0) is 47.7 Å². The SMILES string of the molecule is CB(CC(=O)NCCCCCNC(=O)COCCOCCNC(=O)COCCOCCNC(=O)CCC(=O)NO)ONS. The number of amides is 5. The minimum absolute atomic E-state index is 0.0387. The van der Waals surface area contributed by atoms with Crippen molar-refractivity contribution >= 4 is 49.3 Å². The van der Waals surface area contributed by atoms with E-state index < -0.39 is 5.91 Å². The fourth-order valence-electron chi connectivity index (χ4n) is 3.12. The van der Waals surface area contributed by atoms with Crippen LogP contribution in [0.5, 0.6) is 0 Å². The first-order chi connectivity index (χ1) is 20.8. The number of hydrogen-bond donors (Lipinski definition) is 8. The average Bonchev–Trinajstić information content (AvgIpc) is 2.98. The summed E-state index contributed by atoms with van der Waals surface area (Å²) in [6.45, 7) is 4.41. The molecule has 7 N–H and O–H groups in total. The first-order valence-electron chi connectivity index (χ1n) is 14.1. The van der Waals surface area contributed by atoms with Crippen molar-refractivity contribution in [2.24, 2.45) is 0 Å². The molecule has 0 aliphatic rings. The predicted molar refractivity (Wildman–Crippen MR) is 158 cm³/mol. The van der Waals surface area contributed by atoms with Crippen LogP contribution in [0.2, 0.25) is 13.1 Å². The first kappa shape index (κ1) is 40.5. The molecular formula is C24H47BN6O11S. The Kier molecular flexibility index (Phi) is 27.8. The van der Waals surface area contributed by atoms with E-state index in [9.17, 15) is 24.0 Å². The van der Waals surface area contributed by atoms with Crippen LogP contribution in [0.1, 0.15) is 32.1 Å². The molecule has 19 heteroatoms. The molecule has 43 heavy (non-hydrogen) atoms. The monoisotopic (exact) mass is 638 g/mol. The molecule has 0 aromatic heterocycles. The van der Waals surface area contributed by atoms with Crippen LogP contribution in [-0.4, -0.2) is 121 Å². The lowest BCUT2D eigenvalue weighted by Crippen LogP contribution is -2.32. The van der Waals surface area contributed by atoms with Crippen LogP contribution in [0, 0.1) is 0 Å². The van der Waals surface area contributed by atoms with Crippen LogP contribution in [0.4, 0.5) is 0 Å².